The summed E-state index contributed by atoms with van der Waals surface area (Å²) < 4.78 is 6.67. The summed E-state index contributed by atoms with van der Waals surface area (Å²) in [6.07, 6.45) is 3.37. The van der Waals surface area contributed by atoms with E-state index in [0.717, 1.165) is 0 Å². The van der Waals surface area contributed by atoms with Crippen LogP contribution < -0.4 is 15.6 Å². The third-order valence-corrected chi connectivity index (χ3v) is 4.07. The van der Waals surface area contributed by atoms with Crippen molar-refractivity contribution in [1.82, 2.24) is 24.4 Å². The standard InChI is InChI=1S/C17H20N6O3/c1-3-16(24)22-5-4-6-23-14(10-22)21-12(7-17(23)25)9-18-13-8-15(26-2)20-11-19-13/h3,7-8,11H,1,4-6,9-10H2,2H3,(H,18,19,20). The monoisotopic (exact) mass is 356 g/mol. The normalized spacial score (nSPS) is 13.5. The second kappa shape index (κ2) is 7.77. The average molecular weight is 356 g/mol. The van der Waals surface area contributed by atoms with Crippen LogP contribution in [0.5, 0.6) is 5.88 Å². The van der Waals surface area contributed by atoms with Crippen LogP contribution in [0.25, 0.3) is 0 Å². The Morgan fingerprint density at radius 2 is 2.23 bits per heavy atom. The predicted octanol–water partition coefficient (Wildman–Crippen LogP) is 0.572. The fraction of sp³-hybridized carbons (Fsp3) is 0.353. The number of hydrogen-bond donors (Lipinski definition) is 1. The Labute approximate surface area is 150 Å². The molecule has 0 aromatic carbocycles. The number of aromatic nitrogens is 4. The number of carbonyl (C=O) groups is 1. The molecule has 3 rings (SSSR count). The van der Waals surface area contributed by atoms with Crippen LogP contribution in [0.1, 0.15) is 17.9 Å². The van der Waals surface area contributed by atoms with Gasteiger partial charge in [0.1, 0.15) is 18.0 Å². The second-order valence-corrected chi connectivity index (χ2v) is 5.77. The fourth-order valence-corrected chi connectivity index (χ4v) is 2.77. The van der Waals surface area contributed by atoms with Crippen molar-refractivity contribution in [3.05, 3.63) is 53.0 Å². The van der Waals surface area contributed by atoms with E-state index in [2.05, 4.69) is 26.8 Å². The van der Waals surface area contributed by atoms with E-state index in [4.69, 9.17) is 4.74 Å². The zero-order valence-corrected chi connectivity index (χ0v) is 14.5. The molecule has 9 nitrogen and oxygen atoms in total. The summed E-state index contributed by atoms with van der Waals surface area (Å²) in [5, 5.41) is 3.09. The molecular formula is C17H20N6O3. The van der Waals surface area contributed by atoms with E-state index in [-0.39, 0.29) is 18.0 Å². The Morgan fingerprint density at radius 1 is 1.38 bits per heavy atom. The van der Waals surface area contributed by atoms with Crippen LogP contribution >= 0.6 is 0 Å². The van der Waals surface area contributed by atoms with E-state index in [1.54, 1.807) is 15.5 Å². The quantitative estimate of drug-likeness (QED) is 0.782. The second-order valence-electron chi connectivity index (χ2n) is 5.77. The van der Waals surface area contributed by atoms with Gasteiger partial charge in [0.05, 0.1) is 25.9 Å². The molecule has 1 aliphatic heterocycles. The smallest absolute Gasteiger partial charge is 0.253 e. The lowest BCUT2D eigenvalue weighted by Crippen LogP contribution is -2.31. The number of rotatable bonds is 5. The molecule has 3 heterocycles. The highest BCUT2D eigenvalue weighted by Gasteiger charge is 2.19. The van der Waals surface area contributed by atoms with Crippen molar-refractivity contribution in [2.75, 3.05) is 19.0 Å². The molecule has 26 heavy (non-hydrogen) atoms. The Balaban J connectivity index is 1.80. The minimum atomic E-state index is -0.163. The van der Waals surface area contributed by atoms with Gasteiger partial charge in [0.15, 0.2) is 0 Å². The molecule has 2 aromatic heterocycles. The third kappa shape index (κ3) is 3.88. The number of anilines is 1. The lowest BCUT2D eigenvalue weighted by Gasteiger charge is -2.18. The van der Waals surface area contributed by atoms with Gasteiger partial charge in [0.2, 0.25) is 11.8 Å². The third-order valence-electron chi connectivity index (χ3n) is 4.07. The molecule has 0 atom stereocenters. The molecule has 9 heteroatoms. The van der Waals surface area contributed by atoms with Crippen LogP contribution in [-0.2, 0) is 24.4 Å². The predicted molar refractivity (Wildman–Crippen MR) is 94.6 cm³/mol. The van der Waals surface area contributed by atoms with Gasteiger partial charge >= 0.3 is 0 Å². The Kier molecular flexibility index (Phi) is 5.26. The first kappa shape index (κ1) is 17.6. The molecule has 0 fully saturated rings. The number of methoxy groups -OCH3 is 1. The van der Waals surface area contributed by atoms with Gasteiger partial charge in [0, 0.05) is 25.2 Å². The van der Waals surface area contributed by atoms with Crippen molar-refractivity contribution in [3.63, 3.8) is 0 Å². The van der Waals surface area contributed by atoms with Gasteiger partial charge < -0.3 is 15.0 Å². The maximum atomic E-state index is 12.4. The summed E-state index contributed by atoms with van der Waals surface area (Å²) >= 11 is 0. The number of nitrogens with one attached hydrogen (secondary N) is 1. The highest BCUT2D eigenvalue weighted by Crippen LogP contribution is 2.12. The average Bonchev–Trinajstić information content (AvgIpc) is 2.89. The molecule has 0 radical (unpaired) electrons. The largest absolute Gasteiger partial charge is 0.481 e. The number of amides is 1. The van der Waals surface area contributed by atoms with Crippen LogP contribution in [0, 0.1) is 0 Å². The SMILES string of the molecule is C=CC(=O)N1CCCn2c(nc(CNc3cc(OC)ncn3)cc2=O)C1. The summed E-state index contributed by atoms with van der Waals surface area (Å²) in [5.74, 6) is 1.42. The van der Waals surface area contributed by atoms with Crippen LogP contribution in [0.2, 0.25) is 0 Å². The van der Waals surface area contributed by atoms with E-state index in [0.29, 0.717) is 49.3 Å². The number of carbonyl (C=O) groups excluding carboxylic acids is 1. The van der Waals surface area contributed by atoms with Crippen molar-refractivity contribution >= 4 is 11.7 Å². The first-order valence-electron chi connectivity index (χ1n) is 8.21. The van der Waals surface area contributed by atoms with Gasteiger partial charge in [-0.2, -0.15) is 0 Å². The fourth-order valence-electron chi connectivity index (χ4n) is 2.77. The summed E-state index contributed by atoms with van der Waals surface area (Å²) in [7, 11) is 1.53. The zero-order chi connectivity index (χ0) is 18.5. The van der Waals surface area contributed by atoms with E-state index < -0.39 is 0 Å². The lowest BCUT2D eigenvalue weighted by atomic mass is 10.3. The van der Waals surface area contributed by atoms with Crippen molar-refractivity contribution in [1.29, 1.82) is 0 Å². The van der Waals surface area contributed by atoms with Crippen molar-refractivity contribution < 1.29 is 9.53 Å². The molecule has 0 saturated carbocycles. The molecular weight excluding hydrogens is 336 g/mol. The maximum absolute atomic E-state index is 12.4. The van der Waals surface area contributed by atoms with Gasteiger partial charge in [-0.05, 0) is 12.5 Å². The summed E-state index contributed by atoms with van der Waals surface area (Å²) in [4.78, 5) is 38.6. The molecule has 0 unspecified atom stereocenters. The number of hydrogen-bond acceptors (Lipinski definition) is 7. The maximum Gasteiger partial charge on any atom is 0.253 e. The first-order chi connectivity index (χ1) is 12.6. The Morgan fingerprint density at radius 3 is 3.00 bits per heavy atom. The number of fused-ring (bicyclic) bond motifs is 1. The van der Waals surface area contributed by atoms with E-state index >= 15 is 0 Å². The van der Waals surface area contributed by atoms with Crippen molar-refractivity contribution in [3.8, 4) is 5.88 Å². The van der Waals surface area contributed by atoms with Crippen molar-refractivity contribution in [2.45, 2.75) is 26.1 Å². The van der Waals surface area contributed by atoms with Crippen LogP contribution in [-0.4, -0.2) is 44.0 Å². The van der Waals surface area contributed by atoms with E-state index in [1.165, 1.54) is 25.6 Å². The summed E-state index contributed by atoms with van der Waals surface area (Å²) in [6.45, 7) is 5.24. The zero-order valence-electron chi connectivity index (χ0n) is 14.5. The van der Waals surface area contributed by atoms with Crippen molar-refractivity contribution in [2.24, 2.45) is 0 Å². The summed E-state index contributed by atoms with van der Waals surface area (Å²) in [6, 6.07) is 3.15. The molecule has 2 aromatic rings. The minimum Gasteiger partial charge on any atom is -0.481 e. The minimum absolute atomic E-state index is 0.125. The molecule has 0 bridgehead atoms. The van der Waals surface area contributed by atoms with Gasteiger partial charge in [0.25, 0.3) is 5.56 Å². The highest BCUT2D eigenvalue weighted by molar-refractivity contribution is 5.86. The molecule has 0 saturated heterocycles. The van der Waals surface area contributed by atoms with E-state index in [1.807, 2.05) is 0 Å². The van der Waals surface area contributed by atoms with Gasteiger partial charge in [-0.25, -0.2) is 15.0 Å². The van der Waals surface area contributed by atoms with E-state index in [9.17, 15) is 9.59 Å². The van der Waals surface area contributed by atoms with Crippen LogP contribution in [0.3, 0.4) is 0 Å². The molecule has 0 aliphatic carbocycles. The molecule has 1 aliphatic rings. The van der Waals surface area contributed by atoms with Crippen LogP contribution in [0.4, 0.5) is 5.82 Å². The number of nitrogens with zero attached hydrogens (tertiary/aromatic N) is 5. The molecule has 136 valence electrons. The Hall–Kier alpha value is -3.23. The van der Waals surface area contributed by atoms with Gasteiger partial charge in [-0.15, -0.1) is 0 Å². The van der Waals surface area contributed by atoms with Gasteiger partial charge in [-0.3, -0.25) is 14.2 Å². The van der Waals surface area contributed by atoms with Gasteiger partial charge in [-0.1, -0.05) is 6.58 Å². The number of ether oxygens (including phenoxy) is 1. The molecule has 0 spiro atoms. The molecule has 1 amide bonds. The topological polar surface area (TPSA) is 102 Å². The highest BCUT2D eigenvalue weighted by atomic mass is 16.5. The van der Waals surface area contributed by atoms with Crippen LogP contribution in [0.15, 0.2) is 35.9 Å². The summed E-state index contributed by atoms with van der Waals surface area (Å²) in [5.41, 5.74) is 0.451. The Bertz CT molecular complexity index is 879. The lowest BCUT2D eigenvalue weighted by molar-refractivity contribution is -0.126. The molecule has 1 N–H and O–H groups in total. The first-order valence-corrected chi connectivity index (χ1v) is 8.21.